The fraction of sp³-hybridized carbons (Fsp3) is 0.412. The van der Waals surface area contributed by atoms with E-state index in [9.17, 15) is 57.5 Å². The van der Waals surface area contributed by atoms with E-state index in [1.165, 1.54) is 4.90 Å². The number of hydrogen-bond donors (Lipinski definition) is 3. The predicted octanol–water partition coefficient (Wildman–Crippen LogP) is 10.7. The molecule has 0 atom stereocenters. The zero-order valence-electron chi connectivity index (χ0n) is 43.3. The number of carbonyl (C=O) groups is 2. The van der Waals surface area contributed by atoms with Crippen LogP contribution in [0, 0.1) is 36.5 Å². The molecule has 0 radical (unpaired) electrons. The summed E-state index contributed by atoms with van der Waals surface area (Å²) < 4.78 is 132. The highest BCUT2D eigenvalue weighted by atomic mass is 35.5. The Morgan fingerprint density at radius 3 is 1.47 bits per heavy atom. The van der Waals surface area contributed by atoms with E-state index in [0.717, 1.165) is 59.6 Å². The summed E-state index contributed by atoms with van der Waals surface area (Å²) in [6.45, 7) is 3.27. The number of carbonyl (C=O) groups excluding carboxylic acids is 2. The number of nitrogens with one attached hydrogen (secondary N) is 3. The molecule has 0 spiro atoms. The molecule has 0 unspecified atom stereocenters. The number of rotatable bonds is 17. The molecule has 8 rings (SSSR count). The van der Waals surface area contributed by atoms with Crippen LogP contribution < -0.4 is 16.0 Å². The molecule has 2 aliphatic rings. The van der Waals surface area contributed by atoms with Gasteiger partial charge in [0.15, 0.2) is 18.2 Å². The maximum absolute atomic E-state index is 12.6. The van der Waals surface area contributed by atoms with Gasteiger partial charge < -0.3 is 16.0 Å². The van der Waals surface area contributed by atoms with Gasteiger partial charge in [-0.25, -0.2) is 19.9 Å². The summed E-state index contributed by atoms with van der Waals surface area (Å²) in [6, 6.07) is 18.9. The Kier molecular flexibility index (Phi) is 22.8. The number of benzene rings is 2. The van der Waals surface area contributed by atoms with E-state index in [1.54, 1.807) is 53.7 Å². The van der Waals surface area contributed by atoms with Crippen molar-refractivity contribution < 1.29 is 61.7 Å². The minimum Gasteiger partial charge on any atom is -0.321 e. The summed E-state index contributed by atoms with van der Waals surface area (Å²) in [5, 5.41) is 36.0. The van der Waals surface area contributed by atoms with E-state index < -0.39 is 41.1 Å². The topological polar surface area (TPSA) is 252 Å². The minimum absolute atomic E-state index is 0. The second-order valence-corrected chi connectivity index (χ2v) is 19.9. The summed E-state index contributed by atoms with van der Waals surface area (Å²) in [6.07, 6.45) is 5.62. The first-order valence-electron chi connectivity index (χ1n) is 24.6. The molecule has 81 heavy (non-hydrogen) atoms. The minimum atomic E-state index is -6.15. The van der Waals surface area contributed by atoms with Crippen LogP contribution in [0.15, 0.2) is 85.7 Å². The molecule has 0 saturated carbocycles. The van der Waals surface area contributed by atoms with Crippen molar-refractivity contribution in [2.24, 2.45) is 0 Å². The molecule has 434 valence electrons. The second kappa shape index (κ2) is 28.7. The second-order valence-electron chi connectivity index (χ2n) is 18.3. The standard InChI is InChI=1S/C25H26F3N7O.C23H25N7O.C3H2F6O3S.ClH/c1-17-13-30-24(33-23(17)19-6-4-18(5-7-19)22(36)3-2-10-29)32-20-14-31-35(15-20)21-8-11-34(12-9-21)16-25(26,27)28;1-16-13-26-23(28-19-14-27-30(15-19)20-8-11-25-12-9-20)29-22(16)18-6-4-17(5-7-18)21(31)3-2-10-24;4-2(5,6)1-12-13(10,11)3(7,8)9;/h4-7,13-15,21H,2-3,8-9,11-12,16H2,1H3,(H,30,32,33);4-7,13-15,20,25H,2-3,8-9,11-12H2,1H3,(H,26,28,29);1H2;1H. The van der Waals surface area contributed by atoms with Crippen molar-refractivity contribution in [3.8, 4) is 34.7 Å². The van der Waals surface area contributed by atoms with Gasteiger partial charge in [-0.3, -0.25) is 28.0 Å². The largest absolute Gasteiger partial charge is 0.523 e. The van der Waals surface area contributed by atoms with Gasteiger partial charge in [-0.1, -0.05) is 48.5 Å². The lowest BCUT2D eigenvalue weighted by Gasteiger charge is -2.32. The van der Waals surface area contributed by atoms with Crippen molar-refractivity contribution in [2.75, 3.05) is 50.0 Å². The highest BCUT2D eigenvalue weighted by Crippen LogP contribution is 2.30. The summed E-state index contributed by atoms with van der Waals surface area (Å²) >= 11 is 0. The SMILES string of the molecule is Cc1cnc(Nc2cnn(C3CCN(CC(F)(F)F)CC3)c2)nc1-c1ccc(C(=O)CCC#N)cc1.Cc1cnc(Nc2cnn(C3CCNCC3)c2)nc1-c1ccc(C(=O)CCC#N)cc1.Cl.O=S(=O)(OCC(F)(F)F)C(F)(F)F. The zero-order chi connectivity index (χ0) is 58.3. The number of aromatic nitrogens is 8. The highest BCUT2D eigenvalue weighted by Gasteiger charge is 2.49. The number of aryl methyl sites for hydroxylation is 2. The Bertz CT molecular complexity index is 3240. The maximum atomic E-state index is 12.6. The Hall–Kier alpha value is -7.57. The first-order chi connectivity index (χ1) is 37.8. The molecule has 2 saturated heterocycles. The third kappa shape index (κ3) is 19.6. The number of Topliss-reactive ketones (excluding diaryl/α,β-unsaturated/α-hetero) is 2. The van der Waals surface area contributed by atoms with E-state index in [0.29, 0.717) is 66.4 Å². The van der Waals surface area contributed by atoms with Crippen LogP contribution >= 0.6 is 12.4 Å². The summed E-state index contributed by atoms with van der Waals surface area (Å²) in [4.78, 5) is 43.7. The third-order valence-corrected chi connectivity index (χ3v) is 13.2. The molecule has 2 fully saturated rings. The molecule has 0 bridgehead atoms. The normalized spacial score (nSPS) is 14.4. The van der Waals surface area contributed by atoms with Gasteiger partial charge in [-0.2, -0.15) is 68.7 Å². The number of nitrogens with zero attached hydrogens (tertiary/aromatic N) is 11. The lowest BCUT2D eigenvalue weighted by Crippen LogP contribution is -2.40. The van der Waals surface area contributed by atoms with Crippen LogP contribution in [0.4, 0.5) is 62.8 Å². The molecule has 3 N–H and O–H groups in total. The van der Waals surface area contributed by atoms with Crippen LogP contribution in [0.2, 0.25) is 0 Å². The fourth-order valence-corrected chi connectivity index (χ4v) is 8.61. The van der Waals surface area contributed by atoms with Crippen molar-refractivity contribution in [1.82, 2.24) is 49.7 Å². The van der Waals surface area contributed by atoms with Crippen LogP contribution in [-0.2, 0) is 14.3 Å². The molecule has 2 aliphatic heterocycles. The van der Waals surface area contributed by atoms with Crippen LogP contribution in [0.25, 0.3) is 22.5 Å². The predicted molar refractivity (Wildman–Crippen MR) is 280 cm³/mol. The third-order valence-electron chi connectivity index (χ3n) is 12.2. The molecule has 0 amide bonds. The number of likely N-dealkylation sites (tertiary alicyclic amines) is 1. The van der Waals surface area contributed by atoms with Crippen molar-refractivity contribution in [1.29, 1.82) is 10.5 Å². The van der Waals surface area contributed by atoms with E-state index in [4.69, 9.17) is 10.5 Å². The van der Waals surface area contributed by atoms with Gasteiger partial charge >= 0.3 is 28.0 Å². The molecular formula is C51H54ClF9N14O5S. The Labute approximate surface area is 465 Å². The van der Waals surface area contributed by atoms with Crippen molar-refractivity contribution in [3.05, 3.63) is 108 Å². The average Bonchev–Trinajstić information content (AvgIpc) is 4.10. The first kappa shape index (κ1) is 64.3. The van der Waals surface area contributed by atoms with E-state index >= 15 is 0 Å². The molecule has 6 aromatic rings. The summed E-state index contributed by atoms with van der Waals surface area (Å²) in [7, 11) is -6.15. The lowest BCUT2D eigenvalue weighted by molar-refractivity contribution is -0.156. The number of ketones is 2. The molecular weight excluding hydrogens is 1130 g/mol. The smallest absolute Gasteiger partial charge is 0.321 e. The number of hydrogen-bond acceptors (Lipinski definition) is 17. The van der Waals surface area contributed by atoms with Crippen LogP contribution in [0.5, 0.6) is 0 Å². The van der Waals surface area contributed by atoms with Crippen LogP contribution in [0.3, 0.4) is 0 Å². The first-order valence-corrected chi connectivity index (χ1v) is 26.0. The molecule has 30 heteroatoms. The number of nitriles is 2. The molecule has 2 aromatic carbocycles. The molecule has 0 aliphatic carbocycles. The van der Waals surface area contributed by atoms with Crippen molar-refractivity contribution >= 4 is 57.4 Å². The Morgan fingerprint density at radius 2 is 1.09 bits per heavy atom. The molecule has 4 aromatic heterocycles. The van der Waals surface area contributed by atoms with Gasteiger partial charge in [0, 0.05) is 85.8 Å². The monoisotopic (exact) mass is 1180 g/mol. The summed E-state index contributed by atoms with van der Waals surface area (Å²) in [5.74, 6) is 0.775. The zero-order valence-corrected chi connectivity index (χ0v) is 44.9. The van der Waals surface area contributed by atoms with E-state index in [-0.39, 0.29) is 55.7 Å². The van der Waals surface area contributed by atoms with Crippen LogP contribution in [-0.4, -0.2) is 122 Å². The highest BCUT2D eigenvalue weighted by molar-refractivity contribution is 7.87. The average molecular weight is 1180 g/mol. The number of alkyl halides is 9. The van der Waals surface area contributed by atoms with Gasteiger partial charge in [0.25, 0.3) is 0 Å². The number of anilines is 4. The number of halogens is 10. The van der Waals surface area contributed by atoms with Gasteiger partial charge in [-0.05, 0) is 63.7 Å². The van der Waals surface area contributed by atoms with Crippen LogP contribution in [0.1, 0.15) is 95.3 Å². The van der Waals surface area contributed by atoms with Gasteiger partial charge in [0.2, 0.25) is 11.9 Å². The molecule has 6 heterocycles. The Balaban J connectivity index is 0.000000244. The summed E-state index contributed by atoms with van der Waals surface area (Å²) in [5.41, 5.74) is 1.93. The quantitative estimate of drug-likeness (QED) is 0.0332. The van der Waals surface area contributed by atoms with E-state index in [2.05, 4.69) is 50.3 Å². The van der Waals surface area contributed by atoms with Gasteiger partial charge in [0.1, 0.15) is 0 Å². The number of piperidine rings is 2. The van der Waals surface area contributed by atoms with Crippen molar-refractivity contribution in [3.63, 3.8) is 0 Å². The van der Waals surface area contributed by atoms with Crippen molar-refractivity contribution in [2.45, 2.75) is 95.2 Å². The maximum Gasteiger partial charge on any atom is 0.523 e. The lowest BCUT2D eigenvalue weighted by atomic mass is 10.0. The van der Waals surface area contributed by atoms with E-state index in [1.807, 2.05) is 67.3 Å². The Morgan fingerprint density at radius 1 is 0.667 bits per heavy atom. The van der Waals surface area contributed by atoms with Gasteiger partial charge in [-0.15, -0.1) is 12.4 Å². The molecule has 19 nitrogen and oxygen atoms in total. The van der Waals surface area contributed by atoms with Gasteiger partial charge in [0.05, 0.1) is 65.9 Å². The fourth-order valence-electron chi connectivity index (χ4n) is 8.19.